The van der Waals surface area contributed by atoms with Crippen LogP contribution in [0.25, 0.3) is 0 Å². The van der Waals surface area contributed by atoms with Crippen LogP contribution in [0, 0.1) is 5.92 Å². The minimum Gasteiger partial charge on any atom is -0.481 e. The number of rotatable bonds is 7. The molecule has 0 amide bonds. The van der Waals surface area contributed by atoms with Crippen LogP contribution in [0.5, 0.6) is 0 Å². The Morgan fingerprint density at radius 1 is 1.38 bits per heavy atom. The first kappa shape index (κ1) is 15.9. The summed E-state index contributed by atoms with van der Waals surface area (Å²) in [6.07, 6.45) is 8.11. The van der Waals surface area contributed by atoms with Crippen LogP contribution >= 0.6 is 0 Å². The number of carboxylic acid groups (broad SMARTS) is 1. The Morgan fingerprint density at radius 3 is 2.71 bits per heavy atom. The number of tetrazole rings is 1. The fourth-order valence-electron chi connectivity index (χ4n) is 2.95. The molecule has 1 unspecified atom stereocenters. The molecule has 0 saturated heterocycles. The third-order valence-electron chi connectivity index (χ3n) is 4.16. The summed E-state index contributed by atoms with van der Waals surface area (Å²) in [6, 6.07) is 0. The normalized spacial score (nSPS) is 18.3. The Kier molecular flexibility index (Phi) is 6.10. The van der Waals surface area contributed by atoms with Crippen LogP contribution in [-0.2, 0) is 22.5 Å². The van der Waals surface area contributed by atoms with Gasteiger partial charge in [-0.05, 0) is 16.3 Å². The molecule has 0 aliphatic heterocycles. The van der Waals surface area contributed by atoms with Crippen LogP contribution < -0.4 is 0 Å². The van der Waals surface area contributed by atoms with E-state index in [1.807, 2.05) is 0 Å². The standard InChI is InChI=1S/C14H24N4O3/c1-21-12(9-14(19)20)10-18-13(15-16-17-18)8-11-6-4-2-3-5-7-11/h11-12H,2-10H2,1H3,(H,19,20). The van der Waals surface area contributed by atoms with Gasteiger partial charge in [0, 0.05) is 13.5 Å². The van der Waals surface area contributed by atoms with Crippen molar-refractivity contribution in [3.63, 3.8) is 0 Å². The van der Waals surface area contributed by atoms with Crippen molar-refractivity contribution in [2.45, 2.75) is 64.0 Å². The number of ether oxygens (including phenoxy) is 1. The average molecular weight is 296 g/mol. The van der Waals surface area contributed by atoms with Gasteiger partial charge in [0.2, 0.25) is 0 Å². The molecule has 118 valence electrons. The number of carbonyl (C=O) groups is 1. The summed E-state index contributed by atoms with van der Waals surface area (Å²) < 4.78 is 6.90. The molecule has 0 spiro atoms. The lowest BCUT2D eigenvalue weighted by molar-refractivity contribution is -0.140. The molecule has 1 atom stereocenters. The van der Waals surface area contributed by atoms with Gasteiger partial charge >= 0.3 is 5.97 Å². The molecule has 2 rings (SSSR count). The topological polar surface area (TPSA) is 90.1 Å². The molecule has 7 heteroatoms. The van der Waals surface area contributed by atoms with Gasteiger partial charge in [-0.3, -0.25) is 4.79 Å². The van der Waals surface area contributed by atoms with E-state index in [9.17, 15) is 4.79 Å². The lowest BCUT2D eigenvalue weighted by Crippen LogP contribution is -2.24. The first-order chi connectivity index (χ1) is 10.2. The number of hydrogen-bond acceptors (Lipinski definition) is 5. The van der Waals surface area contributed by atoms with E-state index >= 15 is 0 Å². The van der Waals surface area contributed by atoms with Gasteiger partial charge in [-0.1, -0.05) is 38.5 Å². The predicted molar refractivity (Wildman–Crippen MR) is 75.8 cm³/mol. The Bertz CT molecular complexity index is 441. The fraction of sp³-hybridized carbons (Fsp3) is 0.857. The zero-order valence-corrected chi connectivity index (χ0v) is 12.6. The fourth-order valence-corrected chi connectivity index (χ4v) is 2.95. The van der Waals surface area contributed by atoms with Crippen LogP contribution in [-0.4, -0.2) is 44.5 Å². The molecule has 1 saturated carbocycles. The summed E-state index contributed by atoms with van der Waals surface area (Å²) in [6.45, 7) is 0.387. The average Bonchev–Trinajstić information content (AvgIpc) is 2.72. The van der Waals surface area contributed by atoms with Gasteiger partial charge in [0.05, 0.1) is 19.1 Å². The Labute approximate surface area is 124 Å². The minimum absolute atomic E-state index is 0.0424. The van der Waals surface area contributed by atoms with Crippen molar-refractivity contribution < 1.29 is 14.6 Å². The third-order valence-corrected chi connectivity index (χ3v) is 4.16. The molecule has 21 heavy (non-hydrogen) atoms. The number of nitrogens with zero attached hydrogens (tertiary/aromatic N) is 4. The number of carboxylic acids is 1. The van der Waals surface area contributed by atoms with Crippen LogP contribution in [0.15, 0.2) is 0 Å². The van der Waals surface area contributed by atoms with Crippen molar-refractivity contribution in [1.29, 1.82) is 0 Å². The van der Waals surface area contributed by atoms with Crippen molar-refractivity contribution in [3.05, 3.63) is 5.82 Å². The molecule has 0 bridgehead atoms. The Morgan fingerprint density at radius 2 is 2.10 bits per heavy atom. The van der Waals surface area contributed by atoms with E-state index in [1.165, 1.54) is 45.6 Å². The minimum atomic E-state index is -0.875. The molecule has 1 heterocycles. The maximum absolute atomic E-state index is 10.8. The first-order valence-electron chi connectivity index (χ1n) is 7.68. The van der Waals surface area contributed by atoms with Gasteiger partial charge in [-0.2, -0.15) is 0 Å². The molecule has 0 aromatic carbocycles. The predicted octanol–water partition coefficient (Wildman–Crippen LogP) is 1.68. The summed E-state index contributed by atoms with van der Waals surface area (Å²) in [5.74, 6) is 0.604. The van der Waals surface area contributed by atoms with E-state index < -0.39 is 12.1 Å². The maximum Gasteiger partial charge on any atom is 0.306 e. The highest BCUT2D eigenvalue weighted by Gasteiger charge is 2.20. The summed E-state index contributed by atoms with van der Waals surface area (Å²) in [7, 11) is 1.52. The molecule has 1 aliphatic carbocycles. The monoisotopic (exact) mass is 296 g/mol. The van der Waals surface area contributed by atoms with E-state index in [4.69, 9.17) is 9.84 Å². The quantitative estimate of drug-likeness (QED) is 0.770. The summed E-state index contributed by atoms with van der Waals surface area (Å²) in [5.41, 5.74) is 0. The highest BCUT2D eigenvalue weighted by molar-refractivity contribution is 5.67. The molecule has 0 radical (unpaired) electrons. The van der Waals surface area contributed by atoms with Gasteiger partial charge < -0.3 is 9.84 Å². The van der Waals surface area contributed by atoms with Crippen LogP contribution in [0.2, 0.25) is 0 Å². The van der Waals surface area contributed by atoms with E-state index in [0.717, 1.165) is 12.2 Å². The van der Waals surface area contributed by atoms with E-state index in [-0.39, 0.29) is 6.42 Å². The number of aromatic nitrogens is 4. The number of methoxy groups -OCH3 is 1. The highest BCUT2D eigenvalue weighted by Crippen LogP contribution is 2.25. The van der Waals surface area contributed by atoms with Crippen LogP contribution in [0.3, 0.4) is 0 Å². The maximum atomic E-state index is 10.8. The zero-order valence-electron chi connectivity index (χ0n) is 12.6. The molecular formula is C14H24N4O3. The van der Waals surface area contributed by atoms with Crippen molar-refractivity contribution in [2.75, 3.05) is 7.11 Å². The van der Waals surface area contributed by atoms with Crippen LogP contribution in [0.1, 0.15) is 50.8 Å². The van der Waals surface area contributed by atoms with E-state index in [0.29, 0.717) is 12.5 Å². The molecule has 1 aliphatic rings. The van der Waals surface area contributed by atoms with Crippen molar-refractivity contribution in [2.24, 2.45) is 5.92 Å². The lowest BCUT2D eigenvalue weighted by Gasteiger charge is -2.16. The van der Waals surface area contributed by atoms with Crippen molar-refractivity contribution >= 4 is 5.97 Å². The Balaban J connectivity index is 1.95. The molecule has 1 N–H and O–H groups in total. The molecule has 1 fully saturated rings. The SMILES string of the molecule is COC(CC(=O)O)Cn1nnnc1CC1CCCCCC1. The summed E-state index contributed by atoms with van der Waals surface area (Å²) in [4.78, 5) is 10.8. The lowest BCUT2D eigenvalue weighted by atomic mass is 9.96. The van der Waals surface area contributed by atoms with Crippen LogP contribution in [0.4, 0.5) is 0 Å². The van der Waals surface area contributed by atoms with Gasteiger partial charge in [0.25, 0.3) is 0 Å². The smallest absolute Gasteiger partial charge is 0.306 e. The second kappa shape index (κ2) is 8.07. The largest absolute Gasteiger partial charge is 0.481 e. The van der Waals surface area contributed by atoms with Gasteiger partial charge in [-0.15, -0.1) is 5.10 Å². The van der Waals surface area contributed by atoms with Crippen molar-refractivity contribution in [1.82, 2.24) is 20.2 Å². The first-order valence-corrected chi connectivity index (χ1v) is 7.68. The number of hydrogen-bond donors (Lipinski definition) is 1. The summed E-state index contributed by atoms with van der Waals surface area (Å²) >= 11 is 0. The van der Waals surface area contributed by atoms with Gasteiger partial charge in [-0.25, -0.2) is 4.68 Å². The second-order valence-electron chi connectivity index (χ2n) is 5.79. The van der Waals surface area contributed by atoms with E-state index in [1.54, 1.807) is 4.68 Å². The molecular weight excluding hydrogens is 272 g/mol. The molecule has 7 nitrogen and oxygen atoms in total. The van der Waals surface area contributed by atoms with Crippen molar-refractivity contribution in [3.8, 4) is 0 Å². The van der Waals surface area contributed by atoms with E-state index in [2.05, 4.69) is 15.5 Å². The zero-order chi connectivity index (χ0) is 15.1. The van der Waals surface area contributed by atoms with Gasteiger partial charge in [0.1, 0.15) is 0 Å². The third kappa shape index (κ3) is 5.08. The molecule has 1 aromatic heterocycles. The summed E-state index contributed by atoms with van der Waals surface area (Å²) in [5, 5.41) is 20.7. The highest BCUT2D eigenvalue weighted by atomic mass is 16.5. The number of aliphatic carboxylic acids is 1. The Hall–Kier alpha value is -1.50. The molecule has 1 aromatic rings. The van der Waals surface area contributed by atoms with Gasteiger partial charge in [0.15, 0.2) is 5.82 Å². The second-order valence-corrected chi connectivity index (χ2v) is 5.79.